The van der Waals surface area contributed by atoms with E-state index in [0.29, 0.717) is 10.6 Å². The van der Waals surface area contributed by atoms with Crippen LogP contribution in [0.2, 0.25) is 15.1 Å². The lowest BCUT2D eigenvalue weighted by molar-refractivity contribution is 0.0934. The van der Waals surface area contributed by atoms with E-state index in [-0.39, 0.29) is 20.7 Å². The number of halogens is 3. The van der Waals surface area contributed by atoms with Gasteiger partial charge in [-0.25, -0.2) is 0 Å². The van der Waals surface area contributed by atoms with Crippen molar-refractivity contribution in [3.63, 3.8) is 0 Å². The van der Waals surface area contributed by atoms with Gasteiger partial charge in [-0.15, -0.1) is 0 Å². The molecule has 0 radical (unpaired) electrons. The van der Waals surface area contributed by atoms with Crippen LogP contribution in [0.3, 0.4) is 0 Å². The third kappa shape index (κ3) is 4.82. The van der Waals surface area contributed by atoms with Crippen molar-refractivity contribution in [3.05, 3.63) is 68.7 Å². The number of thiocarbonyl (C=S) groups is 1. The van der Waals surface area contributed by atoms with E-state index in [1.807, 2.05) is 0 Å². The van der Waals surface area contributed by atoms with E-state index < -0.39 is 11.8 Å². The number of amides is 2. The highest BCUT2D eigenvalue weighted by molar-refractivity contribution is 7.80. The van der Waals surface area contributed by atoms with Crippen LogP contribution >= 0.6 is 47.0 Å². The minimum absolute atomic E-state index is 0.0912. The average molecular weight is 403 g/mol. The van der Waals surface area contributed by atoms with Crippen LogP contribution in [0, 0.1) is 0 Å². The summed E-state index contributed by atoms with van der Waals surface area (Å²) < 4.78 is 0. The highest BCUT2D eigenvalue weighted by Gasteiger charge is 2.13. The van der Waals surface area contributed by atoms with E-state index in [4.69, 9.17) is 47.0 Å². The molecule has 0 aliphatic heterocycles. The summed E-state index contributed by atoms with van der Waals surface area (Å²) in [4.78, 5) is 24.0. The molecule has 0 aliphatic rings. The fourth-order valence-corrected chi connectivity index (χ4v) is 2.42. The molecular formula is C15H10Cl3N3O2S. The fourth-order valence-electron chi connectivity index (χ4n) is 1.70. The van der Waals surface area contributed by atoms with Gasteiger partial charge in [-0.3, -0.25) is 25.8 Å². The van der Waals surface area contributed by atoms with Crippen molar-refractivity contribution in [2.75, 3.05) is 0 Å². The zero-order chi connectivity index (χ0) is 17.7. The van der Waals surface area contributed by atoms with Gasteiger partial charge in [0.05, 0.1) is 15.6 Å². The van der Waals surface area contributed by atoms with Gasteiger partial charge < -0.3 is 0 Å². The number of carbonyl (C=O) groups excluding carboxylic acids is 2. The summed E-state index contributed by atoms with van der Waals surface area (Å²) in [6.45, 7) is 0. The Morgan fingerprint density at radius 2 is 1.62 bits per heavy atom. The van der Waals surface area contributed by atoms with Crippen molar-refractivity contribution in [3.8, 4) is 0 Å². The zero-order valence-electron chi connectivity index (χ0n) is 11.9. The molecule has 3 N–H and O–H groups in total. The normalized spacial score (nSPS) is 9.96. The number of hydrazine groups is 1. The molecule has 5 nitrogen and oxygen atoms in total. The Bertz CT molecular complexity index is 814. The van der Waals surface area contributed by atoms with E-state index in [2.05, 4.69) is 16.2 Å². The van der Waals surface area contributed by atoms with E-state index in [1.54, 1.807) is 30.3 Å². The van der Waals surface area contributed by atoms with Crippen LogP contribution in [0.4, 0.5) is 0 Å². The number of benzene rings is 2. The summed E-state index contributed by atoms with van der Waals surface area (Å²) in [5.74, 6) is -1.02. The molecule has 0 aromatic heterocycles. The number of rotatable bonds is 2. The summed E-state index contributed by atoms with van der Waals surface area (Å²) >= 11 is 22.5. The van der Waals surface area contributed by atoms with Crippen LogP contribution in [0.25, 0.3) is 0 Å². The van der Waals surface area contributed by atoms with E-state index in [1.165, 1.54) is 12.1 Å². The molecule has 9 heteroatoms. The lowest BCUT2D eigenvalue weighted by Gasteiger charge is -2.12. The second-order valence-corrected chi connectivity index (χ2v) is 6.10. The summed E-state index contributed by atoms with van der Waals surface area (Å²) in [5, 5.41) is 3.10. The number of nitrogens with one attached hydrogen (secondary N) is 3. The summed E-state index contributed by atoms with van der Waals surface area (Å²) in [5.41, 5.74) is 5.23. The SMILES string of the molecule is O=C(NC(=S)NNC(=O)c1cccc(Cl)c1Cl)c1cccc(Cl)c1. The minimum Gasteiger partial charge on any atom is -0.298 e. The summed E-state index contributed by atoms with van der Waals surface area (Å²) in [7, 11) is 0. The first-order valence-corrected chi connectivity index (χ1v) is 8.04. The van der Waals surface area contributed by atoms with Crippen LogP contribution in [-0.2, 0) is 0 Å². The maximum Gasteiger partial charge on any atom is 0.271 e. The average Bonchev–Trinajstić information content (AvgIpc) is 2.55. The monoisotopic (exact) mass is 401 g/mol. The maximum absolute atomic E-state index is 12.0. The van der Waals surface area contributed by atoms with Crippen molar-refractivity contribution >= 4 is 63.9 Å². The van der Waals surface area contributed by atoms with E-state index in [9.17, 15) is 9.59 Å². The van der Waals surface area contributed by atoms with E-state index in [0.717, 1.165) is 0 Å². The Kier molecular flexibility index (Phi) is 6.39. The van der Waals surface area contributed by atoms with Gasteiger partial charge >= 0.3 is 0 Å². The Morgan fingerprint density at radius 3 is 2.33 bits per heavy atom. The zero-order valence-corrected chi connectivity index (χ0v) is 15.0. The van der Waals surface area contributed by atoms with Crippen molar-refractivity contribution in [2.24, 2.45) is 0 Å². The topological polar surface area (TPSA) is 70.2 Å². The Balaban J connectivity index is 1.92. The molecule has 124 valence electrons. The number of carbonyl (C=O) groups is 2. The lowest BCUT2D eigenvalue weighted by atomic mass is 10.2. The molecule has 0 bridgehead atoms. The molecule has 0 unspecified atom stereocenters. The van der Waals surface area contributed by atoms with Crippen molar-refractivity contribution in [1.29, 1.82) is 0 Å². The van der Waals surface area contributed by atoms with Gasteiger partial charge in [0.2, 0.25) is 0 Å². The molecule has 0 saturated carbocycles. The predicted molar refractivity (Wildman–Crippen MR) is 98.6 cm³/mol. The highest BCUT2D eigenvalue weighted by Crippen LogP contribution is 2.25. The molecule has 0 saturated heterocycles. The molecule has 0 atom stereocenters. The van der Waals surface area contributed by atoms with Crippen LogP contribution in [-0.4, -0.2) is 16.9 Å². The molecule has 2 amide bonds. The second-order valence-electron chi connectivity index (χ2n) is 4.47. The van der Waals surface area contributed by atoms with Gasteiger partial charge in [0.1, 0.15) is 0 Å². The molecule has 0 spiro atoms. The van der Waals surface area contributed by atoms with Gasteiger partial charge in [0, 0.05) is 10.6 Å². The minimum atomic E-state index is -0.554. The van der Waals surface area contributed by atoms with Crippen LogP contribution in [0.1, 0.15) is 20.7 Å². The molecule has 0 aliphatic carbocycles. The molecule has 2 aromatic rings. The quantitative estimate of drug-likeness (QED) is 0.530. The Morgan fingerprint density at radius 1 is 0.917 bits per heavy atom. The van der Waals surface area contributed by atoms with Crippen molar-refractivity contribution in [1.82, 2.24) is 16.2 Å². The standard InChI is InChI=1S/C15H10Cl3N3O2S/c16-9-4-1-3-8(7-9)13(22)19-15(24)21-20-14(23)10-5-2-6-11(17)12(10)18/h1-7H,(H,20,23)(H2,19,21,22,24). The molecular weight excluding hydrogens is 393 g/mol. The second kappa shape index (κ2) is 8.30. The van der Waals surface area contributed by atoms with Gasteiger partial charge in [-0.2, -0.15) is 0 Å². The summed E-state index contributed by atoms with van der Waals surface area (Å²) in [6.07, 6.45) is 0. The third-order valence-electron chi connectivity index (χ3n) is 2.80. The van der Waals surface area contributed by atoms with Gasteiger partial charge in [-0.1, -0.05) is 46.9 Å². The summed E-state index contributed by atoms with van der Waals surface area (Å²) in [6, 6.07) is 11.0. The van der Waals surface area contributed by atoms with Gasteiger partial charge in [0.25, 0.3) is 11.8 Å². The Labute approximate surface area is 158 Å². The first-order chi connectivity index (χ1) is 11.4. The van der Waals surface area contributed by atoms with Crippen LogP contribution in [0.15, 0.2) is 42.5 Å². The first kappa shape index (κ1) is 18.5. The first-order valence-electron chi connectivity index (χ1n) is 6.49. The lowest BCUT2D eigenvalue weighted by Crippen LogP contribution is -2.48. The van der Waals surface area contributed by atoms with Gasteiger partial charge in [-0.05, 0) is 42.5 Å². The number of hydrogen-bond donors (Lipinski definition) is 3. The van der Waals surface area contributed by atoms with Crippen LogP contribution < -0.4 is 16.2 Å². The van der Waals surface area contributed by atoms with E-state index >= 15 is 0 Å². The highest BCUT2D eigenvalue weighted by atomic mass is 35.5. The van der Waals surface area contributed by atoms with Crippen molar-refractivity contribution < 1.29 is 9.59 Å². The van der Waals surface area contributed by atoms with Crippen LogP contribution in [0.5, 0.6) is 0 Å². The fraction of sp³-hybridized carbons (Fsp3) is 0. The largest absolute Gasteiger partial charge is 0.298 e. The number of hydrogen-bond acceptors (Lipinski definition) is 3. The smallest absolute Gasteiger partial charge is 0.271 e. The third-order valence-corrected chi connectivity index (χ3v) is 4.06. The molecule has 0 fully saturated rings. The van der Waals surface area contributed by atoms with Gasteiger partial charge in [0.15, 0.2) is 5.11 Å². The molecule has 24 heavy (non-hydrogen) atoms. The molecule has 0 heterocycles. The Hall–Kier alpha value is -1.86. The molecule has 2 aromatic carbocycles. The predicted octanol–water partition coefficient (Wildman–Crippen LogP) is 3.60. The molecule has 2 rings (SSSR count). The van der Waals surface area contributed by atoms with Crippen molar-refractivity contribution in [2.45, 2.75) is 0 Å². The maximum atomic E-state index is 12.0.